The summed E-state index contributed by atoms with van der Waals surface area (Å²) in [6, 6.07) is 14.3. The Labute approximate surface area is 151 Å². The molecule has 0 radical (unpaired) electrons. The molecule has 3 nitrogen and oxygen atoms in total. The van der Waals surface area contributed by atoms with Crippen LogP contribution in [-0.2, 0) is 6.18 Å². The van der Waals surface area contributed by atoms with E-state index in [0.717, 1.165) is 23.4 Å². The van der Waals surface area contributed by atoms with E-state index in [9.17, 15) is 13.2 Å². The van der Waals surface area contributed by atoms with Gasteiger partial charge in [-0.3, -0.25) is 4.98 Å². The van der Waals surface area contributed by atoms with Crippen LogP contribution in [0.5, 0.6) is 0 Å². The molecule has 0 aliphatic rings. The fourth-order valence-electron chi connectivity index (χ4n) is 2.71. The van der Waals surface area contributed by atoms with Gasteiger partial charge in [0.1, 0.15) is 5.82 Å². The van der Waals surface area contributed by atoms with Crippen molar-refractivity contribution in [2.75, 3.05) is 0 Å². The molecule has 26 heavy (non-hydrogen) atoms. The van der Waals surface area contributed by atoms with E-state index in [0.29, 0.717) is 27.4 Å². The molecule has 4 rings (SSSR count). The van der Waals surface area contributed by atoms with Crippen LogP contribution in [0.15, 0.2) is 60.8 Å². The van der Waals surface area contributed by atoms with Crippen molar-refractivity contribution in [3.8, 4) is 22.6 Å². The Morgan fingerprint density at radius 1 is 0.962 bits per heavy atom. The lowest BCUT2D eigenvalue weighted by Crippen LogP contribution is -2.04. The summed E-state index contributed by atoms with van der Waals surface area (Å²) in [5.41, 5.74) is 2.25. The maximum atomic E-state index is 12.8. The van der Waals surface area contributed by atoms with Gasteiger partial charge in [0.05, 0.1) is 27.3 Å². The van der Waals surface area contributed by atoms with Gasteiger partial charge in [-0.25, -0.2) is 4.98 Å². The lowest BCUT2D eigenvalue weighted by Gasteiger charge is -2.05. The summed E-state index contributed by atoms with van der Waals surface area (Å²) in [5, 5.41) is 0.484. The fourth-order valence-corrected chi connectivity index (χ4v) is 2.99. The predicted molar refractivity (Wildman–Crippen MR) is 94.8 cm³/mol. The zero-order chi connectivity index (χ0) is 18.3. The average molecular weight is 374 g/mol. The Morgan fingerprint density at radius 2 is 1.81 bits per heavy atom. The Balaban J connectivity index is 1.75. The van der Waals surface area contributed by atoms with Crippen LogP contribution < -0.4 is 0 Å². The van der Waals surface area contributed by atoms with Gasteiger partial charge >= 0.3 is 6.18 Å². The van der Waals surface area contributed by atoms with Crippen molar-refractivity contribution in [3.05, 3.63) is 71.4 Å². The predicted octanol–water partition coefficient (Wildman–Crippen LogP) is 5.96. The number of imidazole rings is 1. The van der Waals surface area contributed by atoms with Crippen molar-refractivity contribution in [1.82, 2.24) is 15.0 Å². The highest BCUT2D eigenvalue weighted by atomic mass is 35.5. The van der Waals surface area contributed by atoms with Gasteiger partial charge in [-0.1, -0.05) is 29.8 Å². The standard InChI is InChI=1S/C19H11ClF3N3/c20-14-9-11(4-6-13(14)15-3-1-2-8-24-15)18-25-16-7-5-12(19(21,22)23)10-17(16)26-18/h1-10H,(H,25,26). The summed E-state index contributed by atoms with van der Waals surface area (Å²) < 4.78 is 38.5. The molecule has 0 saturated carbocycles. The first-order valence-electron chi connectivity index (χ1n) is 7.70. The summed E-state index contributed by atoms with van der Waals surface area (Å²) in [6.07, 6.45) is -2.72. The molecule has 0 amide bonds. The zero-order valence-corrected chi connectivity index (χ0v) is 13.9. The number of halogens is 4. The Bertz CT molecular complexity index is 1090. The molecule has 0 atom stereocenters. The summed E-state index contributed by atoms with van der Waals surface area (Å²) in [4.78, 5) is 11.5. The number of hydrogen-bond donors (Lipinski definition) is 1. The van der Waals surface area contributed by atoms with Crippen molar-refractivity contribution >= 4 is 22.6 Å². The molecule has 0 aliphatic carbocycles. The molecule has 0 aliphatic heterocycles. The van der Waals surface area contributed by atoms with E-state index in [1.54, 1.807) is 18.3 Å². The van der Waals surface area contributed by atoms with Crippen LogP contribution in [0, 0.1) is 0 Å². The number of nitrogens with zero attached hydrogens (tertiary/aromatic N) is 2. The molecular formula is C19H11ClF3N3. The third-order valence-corrected chi connectivity index (χ3v) is 4.31. The summed E-state index contributed by atoms with van der Waals surface area (Å²) in [7, 11) is 0. The third-order valence-electron chi connectivity index (χ3n) is 3.99. The summed E-state index contributed by atoms with van der Waals surface area (Å²) >= 11 is 6.37. The number of nitrogens with one attached hydrogen (secondary N) is 1. The van der Waals surface area contributed by atoms with Crippen LogP contribution in [0.1, 0.15) is 5.56 Å². The smallest absolute Gasteiger partial charge is 0.338 e. The van der Waals surface area contributed by atoms with Crippen LogP contribution in [-0.4, -0.2) is 15.0 Å². The zero-order valence-electron chi connectivity index (χ0n) is 13.2. The van der Waals surface area contributed by atoms with E-state index in [2.05, 4.69) is 15.0 Å². The molecule has 1 N–H and O–H groups in total. The van der Waals surface area contributed by atoms with Gasteiger partial charge in [0.2, 0.25) is 0 Å². The molecule has 4 aromatic rings. The SMILES string of the molecule is FC(F)(F)c1ccc2nc(-c3ccc(-c4ccccn4)c(Cl)c3)[nH]c2c1. The highest BCUT2D eigenvalue weighted by Gasteiger charge is 2.30. The minimum Gasteiger partial charge on any atom is -0.338 e. The molecule has 2 aromatic carbocycles. The van der Waals surface area contributed by atoms with Crippen molar-refractivity contribution in [1.29, 1.82) is 0 Å². The number of benzene rings is 2. The lowest BCUT2D eigenvalue weighted by molar-refractivity contribution is -0.137. The molecule has 0 bridgehead atoms. The number of fused-ring (bicyclic) bond motifs is 1. The largest absolute Gasteiger partial charge is 0.416 e. The molecule has 0 saturated heterocycles. The number of aromatic amines is 1. The third kappa shape index (κ3) is 3.04. The van der Waals surface area contributed by atoms with Gasteiger partial charge in [-0.2, -0.15) is 13.2 Å². The van der Waals surface area contributed by atoms with Crippen molar-refractivity contribution in [2.45, 2.75) is 6.18 Å². The van der Waals surface area contributed by atoms with Crippen molar-refractivity contribution in [2.24, 2.45) is 0 Å². The van der Waals surface area contributed by atoms with Crippen LogP contribution in [0.4, 0.5) is 13.2 Å². The number of rotatable bonds is 2. The van der Waals surface area contributed by atoms with E-state index in [4.69, 9.17) is 11.6 Å². The van der Waals surface area contributed by atoms with Gasteiger partial charge in [0.25, 0.3) is 0 Å². The normalized spacial score (nSPS) is 11.8. The van der Waals surface area contributed by atoms with Crippen LogP contribution >= 0.6 is 11.6 Å². The highest BCUT2D eigenvalue weighted by molar-refractivity contribution is 6.33. The van der Waals surface area contributed by atoms with E-state index < -0.39 is 11.7 Å². The first-order valence-corrected chi connectivity index (χ1v) is 8.08. The monoisotopic (exact) mass is 373 g/mol. The molecule has 2 aromatic heterocycles. The molecule has 0 spiro atoms. The maximum Gasteiger partial charge on any atom is 0.416 e. The van der Waals surface area contributed by atoms with Gasteiger partial charge in [0, 0.05) is 17.3 Å². The second-order valence-electron chi connectivity index (χ2n) is 5.72. The Kier molecular flexibility index (Phi) is 3.92. The average Bonchev–Trinajstić information content (AvgIpc) is 3.05. The number of aromatic nitrogens is 3. The van der Waals surface area contributed by atoms with Gasteiger partial charge in [-0.15, -0.1) is 0 Å². The number of alkyl halides is 3. The number of pyridine rings is 1. The molecule has 0 unspecified atom stereocenters. The van der Waals surface area contributed by atoms with Crippen molar-refractivity contribution in [3.63, 3.8) is 0 Å². The number of H-pyrrole nitrogens is 1. The Hall–Kier alpha value is -2.86. The molecular weight excluding hydrogens is 363 g/mol. The fraction of sp³-hybridized carbons (Fsp3) is 0.0526. The second kappa shape index (κ2) is 6.14. The molecule has 2 heterocycles. The van der Waals surface area contributed by atoms with E-state index in [1.165, 1.54) is 6.07 Å². The van der Waals surface area contributed by atoms with Crippen molar-refractivity contribution < 1.29 is 13.2 Å². The van der Waals surface area contributed by atoms with Crippen LogP contribution in [0.2, 0.25) is 5.02 Å². The summed E-state index contributed by atoms with van der Waals surface area (Å²) in [5.74, 6) is 0.453. The topological polar surface area (TPSA) is 41.6 Å². The van der Waals surface area contributed by atoms with Gasteiger partial charge < -0.3 is 4.98 Å². The minimum absolute atomic E-state index is 0.319. The highest BCUT2D eigenvalue weighted by Crippen LogP contribution is 2.33. The Morgan fingerprint density at radius 3 is 2.50 bits per heavy atom. The first kappa shape index (κ1) is 16.6. The van der Waals surface area contributed by atoms with Gasteiger partial charge in [0.15, 0.2) is 0 Å². The minimum atomic E-state index is -4.40. The van der Waals surface area contributed by atoms with E-state index in [-0.39, 0.29) is 0 Å². The van der Waals surface area contributed by atoms with Crippen LogP contribution in [0.3, 0.4) is 0 Å². The maximum absolute atomic E-state index is 12.8. The quantitative estimate of drug-likeness (QED) is 0.470. The van der Waals surface area contributed by atoms with E-state index in [1.807, 2.05) is 24.3 Å². The molecule has 7 heteroatoms. The van der Waals surface area contributed by atoms with Gasteiger partial charge in [-0.05, 0) is 36.4 Å². The summed E-state index contributed by atoms with van der Waals surface area (Å²) in [6.45, 7) is 0. The number of hydrogen-bond acceptors (Lipinski definition) is 2. The lowest BCUT2D eigenvalue weighted by atomic mass is 10.1. The van der Waals surface area contributed by atoms with Crippen LogP contribution in [0.25, 0.3) is 33.7 Å². The second-order valence-corrected chi connectivity index (χ2v) is 6.13. The van der Waals surface area contributed by atoms with E-state index >= 15 is 0 Å². The molecule has 0 fully saturated rings. The molecule has 130 valence electrons. The first-order chi connectivity index (χ1) is 12.4.